The van der Waals surface area contributed by atoms with Gasteiger partial charge in [0.2, 0.25) is 0 Å². The summed E-state index contributed by atoms with van der Waals surface area (Å²) >= 11 is 1.62. The van der Waals surface area contributed by atoms with E-state index in [1.807, 2.05) is 74.7 Å². The maximum atomic E-state index is 13.2. The topological polar surface area (TPSA) is 46.9 Å². The molecule has 0 fully saturated rings. The molecule has 4 rings (SSSR count). The van der Waals surface area contributed by atoms with Gasteiger partial charge in [0.05, 0.1) is 16.6 Å². The van der Waals surface area contributed by atoms with E-state index in [0.717, 1.165) is 32.9 Å². The Labute approximate surface area is 174 Å². The Balaban J connectivity index is 1.75. The molecular weight excluding hydrogens is 378 g/mol. The molecule has 4 aromatic rings. The fraction of sp³-hybridized carbons (Fsp3) is 0.167. The summed E-state index contributed by atoms with van der Waals surface area (Å²) in [7, 11) is 0. The lowest BCUT2D eigenvalue weighted by Gasteiger charge is -2.16. The van der Waals surface area contributed by atoms with Crippen LogP contribution in [0.1, 0.15) is 40.1 Å². The highest BCUT2D eigenvalue weighted by Gasteiger charge is 2.21. The Morgan fingerprint density at radius 2 is 1.83 bits per heavy atom. The molecule has 0 aliphatic heterocycles. The van der Waals surface area contributed by atoms with Crippen LogP contribution < -0.4 is 5.32 Å². The van der Waals surface area contributed by atoms with Crippen molar-refractivity contribution in [3.63, 3.8) is 0 Å². The van der Waals surface area contributed by atoms with Crippen molar-refractivity contribution in [3.05, 3.63) is 94.5 Å². The summed E-state index contributed by atoms with van der Waals surface area (Å²) in [5, 5.41) is 9.93. The van der Waals surface area contributed by atoms with E-state index < -0.39 is 0 Å². The highest BCUT2D eigenvalue weighted by molar-refractivity contribution is 7.13. The first-order valence-corrected chi connectivity index (χ1v) is 10.5. The zero-order valence-electron chi connectivity index (χ0n) is 16.7. The van der Waals surface area contributed by atoms with Crippen molar-refractivity contribution in [3.8, 4) is 16.3 Å². The fourth-order valence-corrected chi connectivity index (χ4v) is 4.00. The molecule has 0 saturated carbocycles. The number of nitrogens with one attached hydrogen (secondary N) is 1. The number of thiophene rings is 1. The first-order valence-electron chi connectivity index (χ1n) is 9.60. The monoisotopic (exact) mass is 401 g/mol. The van der Waals surface area contributed by atoms with Gasteiger partial charge in [-0.3, -0.25) is 4.79 Å². The molecule has 0 bridgehead atoms. The molecule has 5 heteroatoms. The Bertz CT molecular complexity index is 1130. The number of aryl methyl sites for hydroxylation is 2. The fourth-order valence-electron chi connectivity index (χ4n) is 3.31. The third-order valence-electron chi connectivity index (χ3n) is 4.96. The molecule has 146 valence electrons. The van der Waals surface area contributed by atoms with Gasteiger partial charge in [-0.15, -0.1) is 11.3 Å². The van der Waals surface area contributed by atoms with Crippen LogP contribution in [0.2, 0.25) is 0 Å². The van der Waals surface area contributed by atoms with Crippen molar-refractivity contribution < 1.29 is 4.79 Å². The molecular formula is C24H23N3OS. The number of hydrogen-bond acceptors (Lipinski definition) is 3. The predicted octanol–water partition coefficient (Wildman–Crippen LogP) is 5.71. The quantitative estimate of drug-likeness (QED) is 0.466. The van der Waals surface area contributed by atoms with Gasteiger partial charge in [0.15, 0.2) is 0 Å². The van der Waals surface area contributed by atoms with Crippen LogP contribution in [0, 0.1) is 13.8 Å². The molecule has 2 heterocycles. The second kappa shape index (κ2) is 8.05. The number of aromatic nitrogens is 2. The molecule has 2 aromatic carbocycles. The molecule has 0 radical (unpaired) electrons. The zero-order chi connectivity index (χ0) is 20.4. The Hall–Kier alpha value is -3.18. The van der Waals surface area contributed by atoms with Gasteiger partial charge < -0.3 is 5.32 Å². The Morgan fingerprint density at radius 3 is 2.55 bits per heavy atom. The number of carbonyl (C=O) groups is 1. The van der Waals surface area contributed by atoms with Gasteiger partial charge in [0.25, 0.3) is 5.91 Å². The molecule has 1 atom stereocenters. The van der Waals surface area contributed by atoms with Gasteiger partial charge in [-0.05, 0) is 61.0 Å². The van der Waals surface area contributed by atoms with Gasteiger partial charge in [0.1, 0.15) is 11.4 Å². The van der Waals surface area contributed by atoms with E-state index in [-0.39, 0.29) is 11.9 Å². The van der Waals surface area contributed by atoms with Crippen LogP contribution in [0.4, 0.5) is 0 Å². The molecule has 29 heavy (non-hydrogen) atoms. The Kier molecular flexibility index (Phi) is 5.32. The highest BCUT2D eigenvalue weighted by atomic mass is 32.1. The van der Waals surface area contributed by atoms with E-state index in [1.165, 1.54) is 0 Å². The minimum atomic E-state index is -0.141. The summed E-state index contributed by atoms with van der Waals surface area (Å²) in [5.41, 5.74) is 5.52. The van der Waals surface area contributed by atoms with Crippen molar-refractivity contribution in [2.24, 2.45) is 0 Å². The molecule has 0 unspecified atom stereocenters. The van der Waals surface area contributed by atoms with Crippen molar-refractivity contribution in [1.29, 1.82) is 0 Å². The summed E-state index contributed by atoms with van der Waals surface area (Å²) in [6.07, 6.45) is 0. The molecule has 1 amide bonds. The first-order chi connectivity index (χ1) is 14.0. The lowest BCUT2D eigenvalue weighted by Crippen LogP contribution is -2.28. The largest absolute Gasteiger partial charge is 0.344 e. The zero-order valence-corrected chi connectivity index (χ0v) is 17.5. The summed E-state index contributed by atoms with van der Waals surface area (Å²) < 4.78 is 1.77. The van der Waals surface area contributed by atoms with E-state index >= 15 is 0 Å². The van der Waals surface area contributed by atoms with Crippen LogP contribution in [0.15, 0.2) is 72.1 Å². The van der Waals surface area contributed by atoms with Crippen LogP contribution in [-0.2, 0) is 0 Å². The lowest BCUT2D eigenvalue weighted by molar-refractivity contribution is 0.0932. The molecule has 2 aromatic heterocycles. The van der Waals surface area contributed by atoms with Gasteiger partial charge in [0, 0.05) is 0 Å². The SMILES string of the molecule is Cc1ccc(C)c(-n2nc(-c3cccs3)cc2C(=O)N[C@@H](C)c2ccccc2)c1. The summed E-state index contributed by atoms with van der Waals surface area (Å²) in [4.78, 5) is 14.3. The van der Waals surface area contributed by atoms with Crippen molar-refractivity contribution in [2.75, 3.05) is 0 Å². The smallest absolute Gasteiger partial charge is 0.270 e. The van der Waals surface area contributed by atoms with Crippen LogP contribution in [0.3, 0.4) is 0 Å². The number of rotatable bonds is 5. The summed E-state index contributed by atoms with van der Waals surface area (Å²) in [6.45, 7) is 6.07. The molecule has 1 N–H and O–H groups in total. The van der Waals surface area contributed by atoms with Gasteiger partial charge in [-0.2, -0.15) is 5.10 Å². The molecule has 0 spiro atoms. The maximum absolute atomic E-state index is 13.2. The second-order valence-corrected chi connectivity index (χ2v) is 8.15. The average molecular weight is 402 g/mol. The van der Waals surface area contributed by atoms with Crippen LogP contribution in [0.5, 0.6) is 0 Å². The van der Waals surface area contributed by atoms with Gasteiger partial charge in [-0.1, -0.05) is 48.5 Å². The van der Waals surface area contributed by atoms with E-state index in [0.29, 0.717) is 5.69 Å². The third-order valence-corrected chi connectivity index (χ3v) is 5.85. The Morgan fingerprint density at radius 1 is 1.03 bits per heavy atom. The lowest BCUT2D eigenvalue weighted by atomic mass is 10.1. The first kappa shape index (κ1) is 19.2. The van der Waals surface area contributed by atoms with E-state index in [1.54, 1.807) is 16.0 Å². The molecule has 0 saturated heterocycles. The van der Waals surface area contributed by atoms with Crippen molar-refractivity contribution in [2.45, 2.75) is 26.8 Å². The standard InChI is InChI=1S/C24H23N3OS/c1-16-11-12-17(2)21(14-16)27-22(15-20(26-27)23-10-7-13-29-23)24(28)25-18(3)19-8-5-4-6-9-19/h4-15,18H,1-3H3,(H,25,28)/t18-/m0/s1. The van der Waals surface area contributed by atoms with E-state index in [9.17, 15) is 4.79 Å². The average Bonchev–Trinajstić information content (AvgIpc) is 3.40. The minimum Gasteiger partial charge on any atom is -0.344 e. The number of amides is 1. The highest BCUT2D eigenvalue weighted by Crippen LogP contribution is 2.27. The predicted molar refractivity (Wildman–Crippen MR) is 119 cm³/mol. The molecule has 4 nitrogen and oxygen atoms in total. The van der Waals surface area contributed by atoms with Gasteiger partial charge >= 0.3 is 0 Å². The number of carbonyl (C=O) groups excluding carboxylic acids is 1. The van der Waals surface area contributed by atoms with E-state index in [4.69, 9.17) is 5.10 Å². The third kappa shape index (κ3) is 4.00. The number of hydrogen-bond donors (Lipinski definition) is 1. The number of nitrogens with zero attached hydrogens (tertiary/aromatic N) is 2. The second-order valence-electron chi connectivity index (χ2n) is 7.20. The minimum absolute atomic E-state index is 0.101. The normalized spacial score (nSPS) is 12.0. The van der Waals surface area contributed by atoms with Crippen LogP contribution >= 0.6 is 11.3 Å². The number of benzene rings is 2. The van der Waals surface area contributed by atoms with Crippen LogP contribution in [0.25, 0.3) is 16.3 Å². The summed E-state index contributed by atoms with van der Waals surface area (Å²) in [6, 6.07) is 22.0. The van der Waals surface area contributed by atoms with E-state index in [2.05, 4.69) is 23.5 Å². The van der Waals surface area contributed by atoms with Crippen LogP contribution in [-0.4, -0.2) is 15.7 Å². The summed E-state index contributed by atoms with van der Waals surface area (Å²) in [5.74, 6) is -0.141. The molecule has 0 aliphatic carbocycles. The van der Waals surface area contributed by atoms with Gasteiger partial charge in [-0.25, -0.2) is 4.68 Å². The van der Waals surface area contributed by atoms with Crippen molar-refractivity contribution >= 4 is 17.2 Å². The van der Waals surface area contributed by atoms with Crippen molar-refractivity contribution in [1.82, 2.24) is 15.1 Å². The maximum Gasteiger partial charge on any atom is 0.270 e. The molecule has 0 aliphatic rings.